The molecule has 0 aliphatic carbocycles. The van der Waals surface area contributed by atoms with Crippen LogP contribution >= 0.6 is 0 Å². The van der Waals surface area contributed by atoms with Crippen molar-refractivity contribution in [1.82, 2.24) is 25.1 Å². The van der Waals surface area contributed by atoms with Gasteiger partial charge in [0.2, 0.25) is 0 Å². The Hall–Kier alpha value is -3.22. The molecule has 0 spiro atoms. The summed E-state index contributed by atoms with van der Waals surface area (Å²) in [6.45, 7) is 6.45. The molecule has 1 unspecified atom stereocenters. The fraction of sp³-hybridized carbons (Fsp3) is 0.391. The van der Waals surface area contributed by atoms with Gasteiger partial charge in [0.1, 0.15) is 17.5 Å². The van der Waals surface area contributed by atoms with Crippen molar-refractivity contribution in [3.05, 3.63) is 58.8 Å². The lowest BCUT2D eigenvalue weighted by Crippen LogP contribution is -2.35. The van der Waals surface area contributed by atoms with Crippen LogP contribution in [0.15, 0.2) is 30.5 Å². The summed E-state index contributed by atoms with van der Waals surface area (Å²) in [5.74, 6) is 0.736. The molecule has 156 valence electrons. The maximum absolute atomic E-state index is 12.6. The van der Waals surface area contributed by atoms with Gasteiger partial charge >= 0.3 is 0 Å². The Morgan fingerprint density at radius 1 is 1.30 bits per heavy atom. The maximum Gasteiger partial charge on any atom is 0.269 e. The van der Waals surface area contributed by atoms with Gasteiger partial charge in [0, 0.05) is 25.2 Å². The first-order valence-corrected chi connectivity index (χ1v) is 10.4. The van der Waals surface area contributed by atoms with E-state index in [9.17, 15) is 4.79 Å². The highest BCUT2D eigenvalue weighted by molar-refractivity contribution is 5.92. The molecule has 1 aromatic carbocycles. The Kier molecular flexibility index (Phi) is 5.53. The van der Waals surface area contributed by atoms with Crippen LogP contribution in [-0.2, 0) is 19.9 Å². The lowest BCUT2D eigenvalue weighted by atomic mass is 10.0. The van der Waals surface area contributed by atoms with E-state index in [0.717, 1.165) is 58.9 Å². The van der Waals surface area contributed by atoms with Crippen molar-refractivity contribution < 1.29 is 9.53 Å². The minimum Gasteiger partial charge on any atom is -0.488 e. The summed E-state index contributed by atoms with van der Waals surface area (Å²) in [5, 5.41) is 7.39. The predicted molar refractivity (Wildman–Crippen MR) is 115 cm³/mol. The molecule has 7 nitrogen and oxygen atoms in total. The molecule has 3 aromatic rings. The molecule has 7 heteroatoms. The van der Waals surface area contributed by atoms with Crippen molar-refractivity contribution in [2.45, 2.75) is 46.1 Å². The fourth-order valence-corrected chi connectivity index (χ4v) is 3.81. The number of hydrogen-bond acceptors (Lipinski definition) is 5. The van der Waals surface area contributed by atoms with E-state index >= 15 is 0 Å². The number of amides is 1. The molecule has 2 aromatic heterocycles. The number of ether oxygens (including phenoxy) is 1. The zero-order chi connectivity index (χ0) is 21.3. The van der Waals surface area contributed by atoms with Gasteiger partial charge in [-0.15, -0.1) is 0 Å². The van der Waals surface area contributed by atoms with Crippen LogP contribution in [0.5, 0.6) is 5.75 Å². The third-order valence-electron chi connectivity index (χ3n) is 5.31. The van der Waals surface area contributed by atoms with E-state index in [4.69, 9.17) is 4.74 Å². The molecule has 1 N–H and O–H groups in total. The van der Waals surface area contributed by atoms with Crippen molar-refractivity contribution in [2.24, 2.45) is 7.05 Å². The van der Waals surface area contributed by atoms with Crippen LogP contribution in [0.3, 0.4) is 0 Å². The highest BCUT2D eigenvalue weighted by atomic mass is 16.5. The van der Waals surface area contributed by atoms with Crippen LogP contribution in [0.2, 0.25) is 0 Å². The zero-order valence-corrected chi connectivity index (χ0v) is 17.9. The molecule has 4 rings (SSSR count). The first-order valence-electron chi connectivity index (χ1n) is 10.4. The summed E-state index contributed by atoms with van der Waals surface area (Å²) in [7, 11) is 1.80. The Labute approximate surface area is 176 Å². The summed E-state index contributed by atoms with van der Waals surface area (Å²) in [6, 6.07) is 7.97. The van der Waals surface area contributed by atoms with E-state index in [1.807, 2.05) is 32.0 Å². The maximum atomic E-state index is 12.6. The second-order valence-corrected chi connectivity index (χ2v) is 7.82. The molecule has 0 fully saturated rings. The van der Waals surface area contributed by atoms with Crippen molar-refractivity contribution >= 4 is 5.91 Å². The van der Waals surface area contributed by atoms with Gasteiger partial charge < -0.3 is 10.1 Å². The summed E-state index contributed by atoms with van der Waals surface area (Å²) in [5.41, 5.74) is 6.37. The highest BCUT2D eigenvalue weighted by Crippen LogP contribution is 2.33. The van der Waals surface area contributed by atoms with Gasteiger partial charge in [-0.1, -0.05) is 13.3 Å². The van der Waals surface area contributed by atoms with E-state index in [1.165, 1.54) is 0 Å². The fourth-order valence-electron chi connectivity index (χ4n) is 3.81. The average Bonchev–Trinajstić information content (AvgIpc) is 3.30. The van der Waals surface area contributed by atoms with E-state index in [0.29, 0.717) is 12.2 Å². The average molecular weight is 406 g/mol. The first kappa shape index (κ1) is 20.1. The monoisotopic (exact) mass is 405 g/mol. The van der Waals surface area contributed by atoms with Gasteiger partial charge in [-0.3, -0.25) is 14.5 Å². The molecule has 0 radical (unpaired) electrons. The summed E-state index contributed by atoms with van der Waals surface area (Å²) in [6.07, 6.45) is 4.31. The third kappa shape index (κ3) is 4.06. The van der Waals surface area contributed by atoms with Gasteiger partial charge in [0.15, 0.2) is 0 Å². The van der Waals surface area contributed by atoms with E-state index in [1.54, 1.807) is 17.9 Å². The van der Waals surface area contributed by atoms with Crippen LogP contribution in [0.25, 0.3) is 11.3 Å². The molecule has 1 atom stereocenters. The number of carbonyl (C=O) groups excluding carboxylic acids is 1. The summed E-state index contributed by atoms with van der Waals surface area (Å²) < 4.78 is 7.68. The number of rotatable bonds is 6. The van der Waals surface area contributed by atoms with E-state index in [2.05, 4.69) is 33.4 Å². The standard InChI is InChI=1S/C23H27N5O2/c1-5-6-18-11-20(28(4)27-18)23(29)25-13-19-10-17-9-16(7-8-21(17)30-19)22-15(3)24-12-14(2)26-22/h7-9,11-12,19H,5-6,10,13H2,1-4H3,(H,25,29). The lowest BCUT2D eigenvalue weighted by molar-refractivity contribution is 0.0924. The number of nitrogens with zero attached hydrogens (tertiary/aromatic N) is 4. The zero-order valence-electron chi connectivity index (χ0n) is 17.9. The molecule has 1 amide bonds. The molecular formula is C23H27N5O2. The van der Waals surface area contributed by atoms with Crippen LogP contribution in [0.1, 0.15) is 46.5 Å². The van der Waals surface area contributed by atoms with Crippen LogP contribution in [0, 0.1) is 13.8 Å². The Bertz CT molecular complexity index is 1090. The number of benzene rings is 1. The van der Waals surface area contributed by atoms with Gasteiger partial charge in [-0.25, -0.2) is 4.98 Å². The van der Waals surface area contributed by atoms with Gasteiger partial charge in [0.25, 0.3) is 5.91 Å². The van der Waals surface area contributed by atoms with Gasteiger partial charge in [0.05, 0.1) is 29.3 Å². The summed E-state index contributed by atoms with van der Waals surface area (Å²) >= 11 is 0. The number of carbonyl (C=O) groups is 1. The SMILES string of the molecule is CCCc1cc(C(=O)NCC2Cc3cc(-c4nc(C)cnc4C)ccc3O2)n(C)n1. The molecule has 1 aliphatic rings. The second-order valence-electron chi connectivity index (χ2n) is 7.82. The van der Waals surface area contributed by atoms with Crippen molar-refractivity contribution in [1.29, 1.82) is 0 Å². The Morgan fingerprint density at radius 2 is 2.13 bits per heavy atom. The van der Waals surface area contributed by atoms with Gasteiger partial charge in [-0.2, -0.15) is 5.10 Å². The topological polar surface area (TPSA) is 81.9 Å². The lowest BCUT2D eigenvalue weighted by Gasteiger charge is -2.11. The molecular weight excluding hydrogens is 378 g/mol. The van der Waals surface area contributed by atoms with E-state index in [-0.39, 0.29) is 12.0 Å². The molecule has 1 aliphatic heterocycles. The number of hydrogen-bond donors (Lipinski definition) is 1. The second kappa shape index (κ2) is 8.26. The van der Waals surface area contributed by atoms with Crippen LogP contribution in [0.4, 0.5) is 0 Å². The van der Waals surface area contributed by atoms with E-state index < -0.39 is 0 Å². The van der Waals surface area contributed by atoms with Crippen molar-refractivity contribution in [3.8, 4) is 17.0 Å². The molecule has 3 heterocycles. The molecule has 0 saturated carbocycles. The molecule has 30 heavy (non-hydrogen) atoms. The summed E-state index contributed by atoms with van der Waals surface area (Å²) in [4.78, 5) is 21.6. The minimum atomic E-state index is -0.127. The highest BCUT2D eigenvalue weighted by Gasteiger charge is 2.25. The largest absolute Gasteiger partial charge is 0.488 e. The quantitative estimate of drug-likeness (QED) is 0.681. The number of fused-ring (bicyclic) bond motifs is 1. The normalized spacial score (nSPS) is 15.0. The Balaban J connectivity index is 1.41. The van der Waals surface area contributed by atoms with Gasteiger partial charge in [-0.05, 0) is 50.1 Å². The third-order valence-corrected chi connectivity index (χ3v) is 5.31. The first-order chi connectivity index (χ1) is 14.4. The number of aryl methyl sites for hydroxylation is 4. The van der Waals surface area contributed by atoms with Crippen LogP contribution < -0.4 is 10.1 Å². The van der Waals surface area contributed by atoms with Crippen LogP contribution in [-0.4, -0.2) is 38.3 Å². The molecule has 0 bridgehead atoms. The minimum absolute atomic E-state index is 0.0905. The predicted octanol–water partition coefficient (Wildman–Crippen LogP) is 3.18. The molecule has 0 saturated heterocycles. The Morgan fingerprint density at radius 3 is 2.93 bits per heavy atom. The van der Waals surface area contributed by atoms with Crippen molar-refractivity contribution in [2.75, 3.05) is 6.54 Å². The number of aromatic nitrogens is 4. The van der Waals surface area contributed by atoms with Crippen molar-refractivity contribution in [3.63, 3.8) is 0 Å². The number of nitrogens with one attached hydrogen (secondary N) is 1. The smallest absolute Gasteiger partial charge is 0.269 e.